The third-order valence-electron chi connectivity index (χ3n) is 2.82. The van der Waals surface area contributed by atoms with Crippen molar-refractivity contribution >= 4 is 28.3 Å². The lowest BCUT2D eigenvalue weighted by Crippen LogP contribution is -2.28. The van der Waals surface area contributed by atoms with E-state index in [2.05, 4.69) is 10.6 Å². The Labute approximate surface area is 120 Å². The molecule has 0 unspecified atom stereocenters. The summed E-state index contributed by atoms with van der Waals surface area (Å²) in [6, 6.07) is 8.79. The first-order valence-electron chi connectivity index (χ1n) is 5.98. The van der Waals surface area contributed by atoms with Gasteiger partial charge in [0.05, 0.1) is 5.56 Å². The lowest BCUT2D eigenvalue weighted by atomic mass is 10.1. The SMILES string of the molecule is Cc1ccccc1CNC(=O)Nc1sccc1C(=O)O. The maximum Gasteiger partial charge on any atom is 0.338 e. The van der Waals surface area contributed by atoms with Crippen LogP contribution in [0.4, 0.5) is 9.80 Å². The number of amides is 2. The molecule has 5 nitrogen and oxygen atoms in total. The zero-order valence-corrected chi connectivity index (χ0v) is 11.7. The van der Waals surface area contributed by atoms with Gasteiger partial charge in [-0.15, -0.1) is 11.3 Å². The number of thiophene rings is 1. The predicted octanol–water partition coefficient (Wildman–Crippen LogP) is 3.08. The fraction of sp³-hybridized carbons (Fsp3) is 0.143. The second kappa shape index (κ2) is 6.21. The topological polar surface area (TPSA) is 78.4 Å². The Balaban J connectivity index is 1.95. The van der Waals surface area contributed by atoms with Crippen molar-refractivity contribution in [3.8, 4) is 0 Å². The summed E-state index contributed by atoms with van der Waals surface area (Å²) in [4.78, 5) is 22.7. The molecule has 104 valence electrons. The average molecular weight is 290 g/mol. The summed E-state index contributed by atoms with van der Waals surface area (Å²) in [7, 11) is 0. The van der Waals surface area contributed by atoms with Gasteiger partial charge in [0.25, 0.3) is 0 Å². The largest absolute Gasteiger partial charge is 0.478 e. The van der Waals surface area contributed by atoms with E-state index in [0.717, 1.165) is 11.1 Å². The van der Waals surface area contributed by atoms with Crippen molar-refractivity contribution in [3.05, 3.63) is 52.4 Å². The first-order valence-corrected chi connectivity index (χ1v) is 6.86. The van der Waals surface area contributed by atoms with E-state index in [1.165, 1.54) is 17.4 Å². The van der Waals surface area contributed by atoms with Crippen LogP contribution in [0.1, 0.15) is 21.5 Å². The van der Waals surface area contributed by atoms with Gasteiger partial charge in [-0.2, -0.15) is 0 Å². The number of carboxylic acids is 1. The summed E-state index contributed by atoms with van der Waals surface area (Å²) >= 11 is 1.18. The molecule has 0 saturated carbocycles. The van der Waals surface area contributed by atoms with Gasteiger partial charge in [-0.3, -0.25) is 5.32 Å². The third-order valence-corrected chi connectivity index (χ3v) is 3.65. The molecule has 2 amide bonds. The van der Waals surface area contributed by atoms with Gasteiger partial charge in [-0.25, -0.2) is 9.59 Å². The standard InChI is InChI=1S/C14H14N2O3S/c1-9-4-2-3-5-10(9)8-15-14(19)16-12-11(13(17)18)6-7-20-12/h2-7H,8H2,1H3,(H,17,18)(H2,15,16,19). The molecule has 1 heterocycles. The second-order valence-electron chi connectivity index (χ2n) is 4.20. The second-order valence-corrected chi connectivity index (χ2v) is 5.12. The molecule has 0 aliphatic heterocycles. The van der Waals surface area contributed by atoms with Gasteiger partial charge in [0.2, 0.25) is 0 Å². The Morgan fingerprint density at radius 2 is 2.00 bits per heavy atom. The molecular formula is C14H14N2O3S. The number of benzene rings is 1. The molecule has 0 aliphatic rings. The van der Waals surface area contributed by atoms with Crippen LogP contribution in [0.3, 0.4) is 0 Å². The molecule has 20 heavy (non-hydrogen) atoms. The fourth-order valence-corrected chi connectivity index (χ4v) is 2.48. The Kier molecular flexibility index (Phi) is 4.37. The number of carbonyl (C=O) groups is 2. The highest BCUT2D eigenvalue weighted by molar-refractivity contribution is 7.14. The maximum absolute atomic E-state index is 11.8. The number of anilines is 1. The maximum atomic E-state index is 11.8. The Morgan fingerprint density at radius 3 is 2.70 bits per heavy atom. The molecule has 0 spiro atoms. The van der Waals surface area contributed by atoms with Crippen molar-refractivity contribution in [1.82, 2.24) is 5.32 Å². The van der Waals surface area contributed by atoms with Gasteiger partial charge >= 0.3 is 12.0 Å². The Hall–Kier alpha value is -2.34. The van der Waals surface area contributed by atoms with Gasteiger partial charge in [0, 0.05) is 6.54 Å². The van der Waals surface area contributed by atoms with Crippen LogP contribution in [0.25, 0.3) is 0 Å². The average Bonchev–Trinajstić information content (AvgIpc) is 2.86. The van der Waals surface area contributed by atoms with Crippen molar-refractivity contribution in [1.29, 1.82) is 0 Å². The summed E-state index contributed by atoms with van der Waals surface area (Å²) in [5.74, 6) is -1.06. The van der Waals surface area contributed by atoms with Crippen molar-refractivity contribution in [2.45, 2.75) is 13.5 Å². The predicted molar refractivity (Wildman–Crippen MR) is 78.3 cm³/mol. The quantitative estimate of drug-likeness (QED) is 0.809. The third kappa shape index (κ3) is 3.36. The van der Waals surface area contributed by atoms with E-state index in [-0.39, 0.29) is 5.56 Å². The highest BCUT2D eigenvalue weighted by Gasteiger charge is 2.13. The van der Waals surface area contributed by atoms with E-state index in [9.17, 15) is 9.59 Å². The normalized spacial score (nSPS) is 10.1. The highest BCUT2D eigenvalue weighted by atomic mass is 32.1. The lowest BCUT2D eigenvalue weighted by molar-refractivity contribution is 0.0698. The van der Waals surface area contributed by atoms with E-state index in [1.807, 2.05) is 31.2 Å². The zero-order valence-electron chi connectivity index (χ0n) is 10.8. The number of hydrogen-bond donors (Lipinski definition) is 3. The molecule has 3 N–H and O–H groups in total. The molecule has 0 radical (unpaired) electrons. The van der Waals surface area contributed by atoms with E-state index >= 15 is 0 Å². The van der Waals surface area contributed by atoms with Crippen LogP contribution in [0.15, 0.2) is 35.7 Å². The van der Waals surface area contributed by atoms with E-state index in [0.29, 0.717) is 11.5 Å². The number of rotatable bonds is 4. The number of carbonyl (C=O) groups excluding carboxylic acids is 1. The monoisotopic (exact) mass is 290 g/mol. The molecule has 0 bridgehead atoms. The van der Waals surface area contributed by atoms with Crippen LogP contribution < -0.4 is 10.6 Å². The zero-order chi connectivity index (χ0) is 14.5. The van der Waals surface area contributed by atoms with E-state index in [4.69, 9.17) is 5.11 Å². The number of carboxylic acid groups (broad SMARTS) is 1. The summed E-state index contributed by atoms with van der Waals surface area (Å²) < 4.78 is 0. The highest BCUT2D eigenvalue weighted by Crippen LogP contribution is 2.22. The lowest BCUT2D eigenvalue weighted by Gasteiger charge is -2.08. The fourth-order valence-electron chi connectivity index (χ4n) is 1.71. The van der Waals surface area contributed by atoms with Crippen molar-refractivity contribution in [3.63, 3.8) is 0 Å². The molecule has 1 aromatic carbocycles. The van der Waals surface area contributed by atoms with Gasteiger partial charge in [0.1, 0.15) is 5.00 Å². The van der Waals surface area contributed by atoms with Crippen LogP contribution >= 0.6 is 11.3 Å². The number of urea groups is 1. The minimum absolute atomic E-state index is 0.0982. The molecular weight excluding hydrogens is 276 g/mol. The Bertz CT molecular complexity index is 637. The van der Waals surface area contributed by atoms with Crippen LogP contribution in [0, 0.1) is 6.92 Å². The number of nitrogens with one attached hydrogen (secondary N) is 2. The molecule has 6 heteroatoms. The van der Waals surface area contributed by atoms with Crippen LogP contribution in [-0.2, 0) is 6.54 Å². The van der Waals surface area contributed by atoms with Gasteiger partial charge in [-0.1, -0.05) is 24.3 Å². The van der Waals surface area contributed by atoms with Crippen LogP contribution in [0.5, 0.6) is 0 Å². The van der Waals surface area contributed by atoms with Crippen LogP contribution in [0.2, 0.25) is 0 Å². The number of aryl methyl sites for hydroxylation is 1. The minimum Gasteiger partial charge on any atom is -0.478 e. The summed E-state index contributed by atoms with van der Waals surface area (Å²) in [6.07, 6.45) is 0. The number of hydrogen-bond acceptors (Lipinski definition) is 3. The molecule has 2 aromatic rings. The molecule has 0 fully saturated rings. The molecule has 0 aliphatic carbocycles. The smallest absolute Gasteiger partial charge is 0.338 e. The summed E-state index contributed by atoms with van der Waals surface area (Å²) in [5, 5.41) is 16.2. The van der Waals surface area contributed by atoms with Crippen molar-refractivity contribution in [2.24, 2.45) is 0 Å². The molecule has 2 rings (SSSR count). The summed E-state index contributed by atoms with van der Waals surface area (Å²) in [5.41, 5.74) is 2.21. The first kappa shape index (κ1) is 14.1. The first-order chi connectivity index (χ1) is 9.58. The molecule has 0 atom stereocenters. The van der Waals surface area contributed by atoms with E-state index in [1.54, 1.807) is 5.38 Å². The minimum atomic E-state index is -1.06. The summed E-state index contributed by atoms with van der Waals surface area (Å²) in [6.45, 7) is 2.36. The number of aromatic carboxylic acids is 1. The van der Waals surface area contributed by atoms with Gasteiger partial charge in [0.15, 0.2) is 0 Å². The van der Waals surface area contributed by atoms with Gasteiger partial charge < -0.3 is 10.4 Å². The van der Waals surface area contributed by atoms with Crippen molar-refractivity contribution in [2.75, 3.05) is 5.32 Å². The van der Waals surface area contributed by atoms with Crippen LogP contribution in [-0.4, -0.2) is 17.1 Å². The van der Waals surface area contributed by atoms with Crippen molar-refractivity contribution < 1.29 is 14.7 Å². The van der Waals surface area contributed by atoms with Gasteiger partial charge in [-0.05, 0) is 29.5 Å². The molecule has 0 saturated heterocycles. The molecule has 1 aromatic heterocycles. The van der Waals surface area contributed by atoms with E-state index < -0.39 is 12.0 Å². The Morgan fingerprint density at radius 1 is 1.25 bits per heavy atom.